The van der Waals surface area contributed by atoms with Gasteiger partial charge in [-0.3, -0.25) is 4.79 Å². The molecule has 0 fully saturated rings. The Hall–Kier alpha value is -2.69. The van der Waals surface area contributed by atoms with Gasteiger partial charge in [0.15, 0.2) is 0 Å². The van der Waals surface area contributed by atoms with Gasteiger partial charge in [-0.2, -0.15) is 0 Å². The molecule has 0 bridgehead atoms. The summed E-state index contributed by atoms with van der Waals surface area (Å²) >= 11 is 0. The van der Waals surface area contributed by atoms with Crippen LogP contribution in [0.1, 0.15) is 21.5 Å². The van der Waals surface area contributed by atoms with Crippen molar-refractivity contribution in [3.05, 3.63) is 53.1 Å². The molecule has 23 heavy (non-hydrogen) atoms. The molecule has 1 aliphatic rings. The number of amides is 1. The number of nitrogens with zero attached hydrogens (tertiary/aromatic N) is 1. The van der Waals surface area contributed by atoms with Crippen LogP contribution in [-0.2, 0) is 13.0 Å². The van der Waals surface area contributed by atoms with Crippen molar-refractivity contribution in [2.24, 2.45) is 0 Å². The van der Waals surface area contributed by atoms with Gasteiger partial charge >= 0.3 is 0 Å². The van der Waals surface area contributed by atoms with E-state index in [2.05, 4.69) is 0 Å². The fourth-order valence-corrected chi connectivity index (χ4v) is 2.82. The predicted octanol–water partition coefficient (Wildman–Crippen LogP) is 2.61. The lowest BCUT2D eigenvalue weighted by atomic mass is 9.98. The quantitative estimate of drug-likeness (QED) is 0.946. The number of rotatable bonds is 3. The van der Waals surface area contributed by atoms with Crippen molar-refractivity contribution in [3.63, 3.8) is 0 Å². The van der Waals surface area contributed by atoms with Crippen molar-refractivity contribution < 1.29 is 19.4 Å². The third kappa shape index (κ3) is 2.95. The molecule has 5 nitrogen and oxygen atoms in total. The fourth-order valence-electron chi connectivity index (χ4n) is 2.82. The van der Waals surface area contributed by atoms with E-state index in [9.17, 15) is 9.90 Å². The average Bonchev–Trinajstić information content (AvgIpc) is 2.60. The van der Waals surface area contributed by atoms with Gasteiger partial charge in [0, 0.05) is 19.2 Å². The first-order valence-corrected chi connectivity index (χ1v) is 7.44. The molecule has 1 N–H and O–H groups in total. The van der Waals surface area contributed by atoms with Crippen LogP contribution in [0.5, 0.6) is 17.2 Å². The van der Waals surface area contributed by atoms with Crippen molar-refractivity contribution in [1.82, 2.24) is 4.90 Å². The van der Waals surface area contributed by atoms with Gasteiger partial charge in [0.05, 0.1) is 19.8 Å². The Morgan fingerprint density at radius 1 is 1.04 bits per heavy atom. The second kappa shape index (κ2) is 6.20. The number of carbonyl (C=O) groups excluding carboxylic acids is 1. The smallest absolute Gasteiger partial charge is 0.257 e. The molecule has 0 unspecified atom stereocenters. The summed E-state index contributed by atoms with van der Waals surface area (Å²) in [4.78, 5) is 14.4. The number of fused-ring (bicyclic) bond motifs is 1. The molecule has 1 amide bonds. The fraction of sp³-hybridized carbons (Fsp3) is 0.278. The largest absolute Gasteiger partial charge is 0.507 e. The van der Waals surface area contributed by atoms with E-state index in [4.69, 9.17) is 9.47 Å². The first kappa shape index (κ1) is 15.2. The Balaban J connectivity index is 1.84. The van der Waals surface area contributed by atoms with Gasteiger partial charge < -0.3 is 19.5 Å². The zero-order valence-corrected chi connectivity index (χ0v) is 13.2. The molecule has 1 aliphatic heterocycles. The average molecular weight is 313 g/mol. The second-order valence-electron chi connectivity index (χ2n) is 5.49. The van der Waals surface area contributed by atoms with E-state index in [1.54, 1.807) is 24.1 Å². The molecule has 2 aromatic carbocycles. The number of hydrogen-bond acceptors (Lipinski definition) is 4. The molecule has 0 saturated carbocycles. The number of benzene rings is 2. The highest BCUT2D eigenvalue weighted by Crippen LogP contribution is 2.28. The summed E-state index contributed by atoms with van der Waals surface area (Å²) in [5.41, 5.74) is 2.60. The molecule has 5 heteroatoms. The monoisotopic (exact) mass is 313 g/mol. The Bertz CT molecular complexity index is 742. The summed E-state index contributed by atoms with van der Waals surface area (Å²) in [5, 5.41) is 10.1. The van der Waals surface area contributed by atoms with Crippen LogP contribution in [0.15, 0.2) is 36.4 Å². The molecule has 0 saturated heterocycles. The van der Waals surface area contributed by atoms with E-state index in [0.29, 0.717) is 18.8 Å². The van der Waals surface area contributed by atoms with E-state index < -0.39 is 0 Å². The van der Waals surface area contributed by atoms with Crippen LogP contribution in [0.4, 0.5) is 0 Å². The third-order valence-electron chi connectivity index (χ3n) is 4.15. The minimum atomic E-state index is -0.182. The van der Waals surface area contributed by atoms with E-state index in [-0.39, 0.29) is 17.2 Å². The van der Waals surface area contributed by atoms with Gasteiger partial charge in [-0.15, -0.1) is 0 Å². The van der Waals surface area contributed by atoms with Crippen LogP contribution in [0.3, 0.4) is 0 Å². The minimum absolute atomic E-state index is 0.0641. The van der Waals surface area contributed by atoms with E-state index in [0.717, 1.165) is 17.7 Å². The van der Waals surface area contributed by atoms with Crippen molar-refractivity contribution >= 4 is 5.91 Å². The van der Waals surface area contributed by atoms with Crippen LogP contribution in [0, 0.1) is 0 Å². The maximum Gasteiger partial charge on any atom is 0.257 e. The van der Waals surface area contributed by atoms with Gasteiger partial charge in [-0.05, 0) is 41.8 Å². The number of hydrogen-bond donors (Lipinski definition) is 1. The van der Waals surface area contributed by atoms with Crippen molar-refractivity contribution in [2.45, 2.75) is 13.0 Å². The lowest BCUT2D eigenvalue weighted by Gasteiger charge is -2.29. The topological polar surface area (TPSA) is 59.0 Å². The molecule has 0 aromatic heterocycles. The normalized spacial score (nSPS) is 13.4. The van der Waals surface area contributed by atoms with Gasteiger partial charge in [0.2, 0.25) is 0 Å². The number of methoxy groups -OCH3 is 2. The van der Waals surface area contributed by atoms with E-state index in [1.807, 2.05) is 18.2 Å². The summed E-state index contributed by atoms with van der Waals surface area (Å²) in [6, 6.07) is 10.7. The SMILES string of the molecule is COc1ccc(C(=O)N2CCc3ccc(OC)cc3C2)c(O)c1. The third-order valence-corrected chi connectivity index (χ3v) is 4.15. The van der Waals surface area contributed by atoms with Gasteiger partial charge in [0.1, 0.15) is 17.2 Å². The molecule has 3 rings (SSSR count). The number of ether oxygens (including phenoxy) is 2. The zero-order chi connectivity index (χ0) is 16.4. The summed E-state index contributed by atoms with van der Waals surface area (Å²) in [5.74, 6) is 1.06. The first-order chi connectivity index (χ1) is 11.1. The molecule has 0 atom stereocenters. The van der Waals surface area contributed by atoms with Crippen LogP contribution in [0.25, 0.3) is 0 Å². The second-order valence-corrected chi connectivity index (χ2v) is 5.49. The Morgan fingerprint density at radius 2 is 1.74 bits per heavy atom. The molecule has 0 spiro atoms. The summed E-state index contributed by atoms with van der Waals surface area (Å²) < 4.78 is 10.3. The standard InChI is InChI=1S/C18H19NO4/c1-22-14-4-3-12-7-8-19(11-13(12)9-14)18(21)16-6-5-15(23-2)10-17(16)20/h3-6,9-10,20H,7-8,11H2,1-2H3. The maximum absolute atomic E-state index is 12.7. The van der Waals surface area contributed by atoms with E-state index >= 15 is 0 Å². The summed E-state index contributed by atoms with van der Waals surface area (Å²) in [6.07, 6.45) is 0.794. The Kier molecular flexibility index (Phi) is 4.10. The zero-order valence-electron chi connectivity index (χ0n) is 13.2. The van der Waals surface area contributed by atoms with Crippen LogP contribution < -0.4 is 9.47 Å². The highest BCUT2D eigenvalue weighted by molar-refractivity contribution is 5.97. The molecule has 0 aliphatic carbocycles. The number of phenolic OH excluding ortho intramolecular Hbond substituents is 1. The van der Waals surface area contributed by atoms with Crippen molar-refractivity contribution in [3.8, 4) is 17.2 Å². The molecule has 120 valence electrons. The minimum Gasteiger partial charge on any atom is -0.507 e. The lowest BCUT2D eigenvalue weighted by Crippen LogP contribution is -2.36. The van der Waals surface area contributed by atoms with Crippen LogP contribution >= 0.6 is 0 Å². The molecular weight excluding hydrogens is 294 g/mol. The Labute approximate surface area is 135 Å². The number of carbonyl (C=O) groups is 1. The number of phenols is 1. The lowest BCUT2D eigenvalue weighted by molar-refractivity contribution is 0.0731. The first-order valence-electron chi connectivity index (χ1n) is 7.44. The van der Waals surface area contributed by atoms with Gasteiger partial charge in [0.25, 0.3) is 5.91 Å². The van der Waals surface area contributed by atoms with Gasteiger partial charge in [-0.25, -0.2) is 0 Å². The van der Waals surface area contributed by atoms with Crippen LogP contribution in [0.2, 0.25) is 0 Å². The van der Waals surface area contributed by atoms with Crippen LogP contribution in [-0.4, -0.2) is 36.7 Å². The number of aromatic hydroxyl groups is 1. The van der Waals surface area contributed by atoms with Crippen molar-refractivity contribution in [2.75, 3.05) is 20.8 Å². The summed E-state index contributed by atoms with van der Waals surface area (Å²) in [6.45, 7) is 1.14. The van der Waals surface area contributed by atoms with Gasteiger partial charge in [-0.1, -0.05) is 6.07 Å². The molecule has 1 heterocycles. The molecule has 2 aromatic rings. The molecular formula is C18H19NO4. The highest BCUT2D eigenvalue weighted by Gasteiger charge is 2.24. The highest BCUT2D eigenvalue weighted by atomic mass is 16.5. The maximum atomic E-state index is 12.7. The van der Waals surface area contributed by atoms with Crippen molar-refractivity contribution in [1.29, 1.82) is 0 Å². The summed E-state index contributed by atoms with van der Waals surface area (Å²) in [7, 11) is 3.15. The predicted molar refractivity (Wildman–Crippen MR) is 86.1 cm³/mol. The molecule has 0 radical (unpaired) electrons. The Morgan fingerprint density at radius 3 is 2.43 bits per heavy atom. The van der Waals surface area contributed by atoms with E-state index in [1.165, 1.54) is 18.7 Å².